The third-order valence-corrected chi connectivity index (χ3v) is 5.30. The summed E-state index contributed by atoms with van der Waals surface area (Å²) >= 11 is 5.98. The van der Waals surface area contributed by atoms with Gasteiger partial charge in [-0.15, -0.1) is 0 Å². The lowest BCUT2D eigenvalue weighted by Gasteiger charge is -2.37. The summed E-state index contributed by atoms with van der Waals surface area (Å²) in [4.78, 5) is 28.5. The van der Waals surface area contributed by atoms with Crippen LogP contribution >= 0.6 is 11.6 Å². The van der Waals surface area contributed by atoms with E-state index >= 15 is 0 Å². The highest BCUT2D eigenvalue weighted by Crippen LogP contribution is 2.24. The molecule has 0 aliphatic carbocycles. The van der Waals surface area contributed by atoms with E-state index in [1.54, 1.807) is 29.2 Å². The number of carbonyl (C=O) groups excluding carboxylic acids is 2. The number of carbonyl (C=O) groups is 2. The summed E-state index contributed by atoms with van der Waals surface area (Å²) in [6.45, 7) is 6.69. The Morgan fingerprint density at radius 3 is 2.41 bits per heavy atom. The lowest BCUT2D eigenvalue weighted by Crippen LogP contribution is -2.50. The molecule has 0 saturated carbocycles. The lowest BCUT2D eigenvalue weighted by molar-refractivity contribution is -0.134. The summed E-state index contributed by atoms with van der Waals surface area (Å²) in [5.74, 6) is -0.765. The number of piperazine rings is 1. The number of halogens is 1. The van der Waals surface area contributed by atoms with Crippen LogP contribution in [0.25, 0.3) is 0 Å². The number of amides is 1. The fourth-order valence-electron chi connectivity index (χ4n) is 3.20. The Kier molecular flexibility index (Phi) is 6.01. The molecule has 0 unspecified atom stereocenters. The van der Waals surface area contributed by atoms with Gasteiger partial charge in [0.1, 0.15) is 0 Å². The second-order valence-electron chi connectivity index (χ2n) is 6.64. The molecule has 3 rings (SSSR count). The fourth-order valence-corrected chi connectivity index (χ4v) is 3.41. The molecule has 142 valence electrons. The molecule has 0 atom stereocenters. The van der Waals surface area contributed by atoms with E-state index in [9.17, 15) is 9.59 Å². The van der Waals surface area contributed by atoms with E-state index in [0.29, 0.717) is 18.1 Å². The minimum Gasteiger partial charge on any atom is -0.452 e. The summed E-state index contributed by atoms with van der Waals surface area (Å²) in [7, 11) is 0. The fraction of sp³-hybridized carbons (Fsp3) is 0.333. The van der Waals surface area contributed by atoms with Gasteiger partial charge < -0.3 is 14.5 Å². The first kappa shape index (κ1) is 19.2. The average molecular weight is 387 g/mol. The van der Waals surface area contributed by atoms with Gasteiger partial charge in [-0.3, -0.25) is 4.79 Å². The van der Waals surface area contributed by atoms with E-state index in [1.165, 1.54) is 16.8 Å². The first-order valence-electron chi connectivity index (χ1n) is 8.98. The van der Waals surface area contributed by atoms with E-state index < -0.39 is 5.97 Å². The number of benzene rings is 2. The van der Waals surface area contributed by atoms with E-state index in [0.717, 1.165) is 13.1 Å². The van der Waals surface area contributed by atoms with Gasteiger partial charge in [0.05, 0.1) is 10.6 Å². The molecule has 1 aliphatic heterocycles. The highest BCUT2D eigenvalue weighted by molar-refractivity contribution is 6.33. The van der Waals surface area contributed by atoms with Gasteiger partial charge in [0, 0.05) is 31.9 Å². The molecule has 6 heteroatoms. The van der Waals surface area contributed by atoms with E-state index in [4.69, 9.17) is 16.3 Å². The van der Waals surface area contributed by atoms with Crippen molar-refractivity contribution in [3.63, 3.8) is 0 Å². The molecule has 5 nitrogen and oxygen atoms in total. The number of nitrogens with zero attached hydrogens (tertiary/aromatic N) is 2. The zero-order valence-electron chi connectivity index (χ0n) is 15.6. The standard InChI is InChI=1S/C21H23ClN2O3/c1-15-6-5-9-19(16(15)2)23-10-12-24(13-11-23)20(25)14-27-21(26)17-7-3-4-8-18(17)22/h3-9H,10-14H2,1-2H3. The van der Waals surface area contributed by atoms with Crippen molar-refractivity contribution in [1.29, 1.82) is 0 Å². The maximum atomic E-state index is 12.4. The monoisotopic (exact) mass is 386 g/mol. The van der Waals surface area contributed by atoms with Crippen LogP contribution in [0.5, 0.6) is 0 Å². The number of hydrogen-bond acceptors (Lipinski definition) is 4. The Hall–Kier alpha value is -2.53. The topological polar surface area (TPSA) is 49.9 Å². The Morgan fingerprint density at radius 2 is 1.70 bits per heavy atom. The second kappa shape index (κ2) is 8.44. The molecule has 1 fully saturated rings. The van der Waals surface area contributed by atoms with Gasteiger partial charge >= 0.3 is 5.97 Å². The maximum Gasteiger partial charge on any atom is 0.340 e. The van der Waals surface area contributed by atoms with Gasteiger partial charge in [-0.05, 0) is 43.2 Å². The normalized spacial score (nSPS) is 14.2. The van der Waals surface area contributed by atoms with Crippen LogP contribution in [0.1, 0.15) is 21.5 Å². The first-order chi connectivity index (χ1) is 13.0. The third-order valence-electron chi connectivity index (χ3n) is 4.97. The summed E-state index contributed by atoms with van der Waals surface area (Å²) < 4.78 is 5.14. The molecule has 0 radical (unpaired) electrons. The van der Waals surface area contributed by atoms with Crippen LogP contribution in [-0.4, -0.2) is 49.6 Å². The van der Waals surface area contributed by atoms with Gasteiger partial charge in [0.25, 0.3) is 5.91 Å². The molecule has 0 aromatic heterocycles. The Bertz CT molecular complexity index is 845. The van der Waals surface area contributed by atoms with Crippen LogP contribution in [0.2, 0.25) is 5.02 Å². The zero-order chi connectivity index (χ0) is 19.4. The zero-order valence-corrected chi connectivity index (χ0v) is 16.3. The van der Waals surface area contributed by atoms with Crippen molar-refractivity contribution in [2.45, 2.75) is 13.8 Å². The van der Waals surface area contributed by atoms with Gasteiger partial charge in [-0.2, -0.15) is 0 Å². The number of aryl methyl sites for hydroxylation is 1. The highest BCUT2D eigenvalue weighted by Gasteiger charge is 2.23. The molecular formula is C21H23ClN2O3. The Labute approximate surface area is 164 Å². The minimum atomic E-state index is -0.581. The average Bonchev–Trinajstić information content (AvgIpc) is 2.68. The molecule has 1 heterocycles. The molecule has 0 N–H and O–H groups in total. The van der Waals surface area contributed by atoms with Gasteiger partial charge in [-0.1, -0.05) is 35.9 Å². The van der Waals surface area contributed by atoms with Crippen LogP contribution in [0.3, 0.4) is 0 Å². The molecule has 27 heavy (non-hydrogen) atoms. The molecule has 2 aromatic rings. The first-order valence-corrected chi connectivity index (χ1v) is 9.36. The van der Waals surface area contributed by atoms with Crippen LogP contribution in [0.4, 0.5) is 5.69 Å². The number of esters is 1. The van der Waals surface area contributed by atoms with Crippen molar-refractivity contribution in [1.82, 2.24) is 4.90 Å². The largest absolute Gasteiger partial charge is 0.452 e. The summed E-state index contributed by atoms with van der Waals surface area (Å²) in [5, 5.41) is 0.317. The maximum absolute atomic E-state index is 12.4. The van der Waals surface area contributed by atoms with E-state index in [2.05, 4.69) is 36.9 Å². The molecule has 1 saturated heterocycles. The van der Waals surface area contributed by atoms with Crippen LogP contribution in [0, 0.1) is 13.8 Å². The predicted octanol–water partition coefficient (Wildman–Crippen LogP) is 3.46. The minimum absolute atomic E-state index is 0.184. The van der Waals surface area contributed by atoms with Gasteiger partial charge in [0.15, 0.2) is 6.61 Å². The van der Waals surface area contributed by atoms with Crippen LogP contribution < -0.4 is 4.90 Å². The molecule has 1 aliphatic rings. The van der Waals surface area contributed by atoms with Crippen molar-refractivity contribution in [3.05, 3.63) is 64.2 Å². The highest BCUT2D eigenvalue weighted by atomic mass is 35.5. The van der Waals surface area contributed by atoms with Crippen molar-refractivity contribution in [3.8, 4) is 0 Å². The van der Waals surface area contributed by atoms with E-state index in [1.807, 2.05) is 0 Å². The molecule has 0 spiro atoms. The number of rotatable bonds is 4. The van der Waals surface area contributed by atoms with Crippen molar-refractivity contribution < 1.29 is 14.3 Å². The number of ether oxygens (including phenoxy) is 1. The molecule has 2 aromatic carbocycles. The second-order valence-corrected chi connectivity index (χ2v) is 7.05. The summed E-state index contributed by atoms with van der Waals surface area (Å²) in [5.41, 5.74) is 4.02. The SMILES string of the molecule is Cc1cccc(N2CCN(C(=O)COC(=O)c3ccccc3Cl)CC2)c1C. The predicted molar refractivity (Wildman–Crippen MR) is 106 cm³/mol. The third kappa shape index (κ3) is 4.42. The lowest BCUT2D eigenvalue weighted by atomic mass is 10.1. The van der Waals surface area contributed by atoms with E-state index in [-0.39, 0.29) is 18.1 Å². The van der Waals surface area contributed by atoms with Crippen LogP contribution in [0.15, 0.2) is 42.5 Å². The molecule has 0 bridgehead atoms. The summed E-state index contributed by atoms with van der Waals surface area (Å²) in [6, 6.07) is 12.9. The van der Waals surface area contributed by atoms with Crippen molar-refractivity contribution in [2.75, 3.05) is 37.7 Å². The Morgan fingerprint density at radius 1 is 1.00 bits per heavy atom. The van der Waals surface area contributed by atoms with Gasteiger partial charge in [-0.25, -0.2) is 4.79 Å². The van der Waals surface area contributed by atoms with Gasteiger partial charge in [0.2, 0.25) is 0 Å². The van der Waals surface area contributed by atoms with Crippen molar-refractivity contribution in [2.24, 2.45) is 0 Å². The molecular weight excluding hydrogens is 364 g/mol. The molecule has 1 amide bonds. The Balaban J connectivity index is 1.52. The van der Waals surface area contributed by atoms with Crippen molar-refractivity contribution >= 4 is 29.2 Å². The number of hydrogen-bond donors (Lipinski definition) is 0. The smallest absolute Gasteiger partial charge is 0.340 e. The number of anilines is 1. The van der Waals surface area contributed by atoms with Crippen LogP contribution in [-0.2, 0) is 9.53 Å². The summed E-state index contributed by atoms with van der Waals surface area (Å²) in [6.07, 6.45) is 0. The quantitative estimate of drug-likeness (QED) is 0.755.